The Morgan fingerprint density at radius 1 is 1.21 bits per heavy atom. The molecule has 148 valence electrons. The Kier molecular flexibility index (Phi) is 5.56. The molecule has 2 aromatic carbocycles. The van der Waals surface area contributed by atoms with E-state index >= 15 is 0 Å². The molecule has 0 N–H and O–H groups in total. The molecular formula is C21H18BrN3O3S. The lowest BCUT2D eigenvalue weighted by atomic mass is 10.0. The van der Waals surface area contributed by atoms with Gasteiger partial charge in [-0.2, -0.15) is 0 Å². The molecule has 1 aliphatic rings. The Balaban J connectivity index is 1.48. The highest BCUT2D eigenvalue weighted by Gasteiger charge is 2.25. The minimum absolute atomic E-state index is 0.0142. The fourth-order valence-electron chi connectivity index (χ4n) is 3.32. The Hall–Kier alpha value is -2.45. The topological polar surface area (TPSA) is 76.3 Å². The maximum atomic E-state index is 12.9. The summed E-state index contributed by atoms with van der Waals surface area (Å²) in [6.45, 7) is 4.04. The first-order valence-electron chi connectivity index (χ1n) is 9.14. The number of halogens is 1. The van der Waals surface area contributed by atoms with E-state index in [0.29, 0.717) is 23.2 Å². The van der Waals surface area contributed by atoms with Crippen molar-refractivity contribution in [2.75, 3.05) is 11.4 Å². The van der Waals surface area contributed by atoms with E-state index in [1.165, 1.54) is 11.8 Å². The molecule has 0 saturated heterocycles. The molecular weight excluding hydrogens is 454 g/mol. The van der Waals surface area contributed by atoms with Crippen LogP contribution in [0.3, 0.4) is 0 Å². The molecule has 1 aromatic heterocycles. The van der Waals surface area contributed by atoms with Crippen molar-refractivity contribution in [1.82, 2.24) is 10.2 Å². The highest BCUT2D eigenvalue weighted by Crippen LogP contribution is 2.33. The smallest absolute Gasteiger partial charge is 0.277 e. The number of thioether (sulfide) groups is 1. The van der Waals surface area contributed by atoms with Crippen LogP contribution in [0.5, 0.6) is 0 Å². The number of Topliss-reactive ketones (excluding diaryl/α,β-unsaturated/α-hetero) is 1. The molecule has 8 heteroatoms. The molecule has 0 aliphatic carbocycles. The number of nitrogens with zero attached hydrogens (tertiary/aromatic N) is 3. The van der Waals surface area contributed by atoms with Gasteiger partial charge in [0.05, 0.1) is 10.8 Å². The summed E-state index contributed by atoms with van der Waals surface area (Å²) in [5.41, 5.74) is 3.35. The third kappa shape index (κ3) is 4.00. The molecule has 1 unspecified atom stereocenters. The van der Waals surface area contributed by atoms with E-state index in [2.05, 4.69) is 26.1 Å². The quantitative estimate of drug-likeness (QED) is 0.393. The van der Waals surface area contributed by atoms with E-state index in [-0.39, 0.29) is 16.9 Å². The highest BCUT2D eigenvalue weighted by atomic mass is 79.9. The summed E-state index contributed by atoms with van der Waals surface area (Å²) in [6, 6.07) is 13.1. The van der Waals surface area contributed by atoms with Gasteiger partial charge in [-0.1, -0.05) is 23.9 Å². The van der Waals surface area contributed by atoms with Gasteiger partial charge in [-0.3, -0.25) is 9.59 Å². The van der Waals surface area contributed by atoms with E-state index in [4.69, 9.17) is 4.42 Å². The van der Waals surface area contributed by atoms with Crippen LogP contribution in [0.2, 0.25) is 0 Å². The summed E-state index contributed by atoms with van der Waals surface area (Å²) in [5.74, 6) is 0.408. The lowest BCUT2D eigenvalue weighted by Gasteiger charge is -2.15. The van der Waals surface area contributed by atoms with Crippen molar-refractivity contribution < 1.29 is 14.0 Å². The number of aromatic nitrogens is 2. The van der Waals surface area contributed by atoms with Crippen molar-refractivity contribution in [2.24, 2.45) is 0 Å². The van der Waals surface area contributed by atoms with Crippen molar-refractivity contribution in [3.05, 3.63) is 58.1 Å². The van der Waals surface area contributed by atoms with E-state index < -0.39 is 0 Å². The average molecular weight is 472 g/mol. The van der Waals surface area contributed by atoms with Crippen molar-refractivity contribution in [2.45, 2.75) is 30.7 Å². The number of hydrogen-bond donors (Lipinski definition) is 0. The van der Waals surface area contributed by atoms with Gasteiger partial charge in [-0.25, -0.2) is 0 Å². The molecule has 1 atom stereocenters. The molecule has 1 aliphatic heterocycles. The Bertz CT molecular complexity index is 1100. The van der Waals surface area contributed by atoms with Gasteiger partial charge < -0.3 is 9.32 Å². The van der Waals surface area contributed by atoms with Crippen molar-refractivity contribution in [1.29, 1.82) is 0 Å². The minimum Gasteiger partial charge on any atom is -0.411 e. The number of rotatable bonds is 5. The van der Waals surface area contributed by atoms with Crippen molar-refractivity contribution in [3.8, 4) is 11.5 Å². The summed E-state index contributed by atoms with van der Waals surface area (Å²) in [6.07, 6.45) is 0.760. The van der Waals surface area contributed by atoms with Gasteiger partial charge in [0.15, 0.2) is 5.78 Å². The number of fused-ring (bicyclic) bond motifs is 1. The predicted molar refractivity (Wildman–Crippen MR) is 115 cm³/mol. The summed E-state index contributed by atoms with van der Waals surface area (Å²) >= 11 is 4.71. The molecule has 0 saturated carbocycles. The van der Waals surface area contributed by atoms with Crippen LogP contribution >= 0.6 is 27.7 Å². The molecule has 0 fully saturated rings. The third-order valence-corrected chi connectivity index (χ3v) is 6.42. The fourth-order valence-corrected chi connectivity index (χ4v) is 4.54. The van der Waals surface area contributed by atoms with E-state index in [1.54, 1.807) is 17.9 Å². The van der Waals surface area contributed by atoms with Crippen molar-refractivity contribution in [3.63, 3.8) is 0 Å². The first-order chi connectivity index (χ1) is 13.9. The Morgan fingerprint density at radius 2 is 2.00 bits per heavy atom. The highest BCUT2D eigenvalue weighted by molar-refractivity contribution is 9.10. The van der Waals surface area contributed by atoms with Crippen LogP contribution in [-0.4, -0.2) is 33.7 Å². The first-order valence-corrected chi connectivity index (χ1v) is 10.8. The summed E-state index contributed by atoms with van der Waals surface area (Å²) < 4.78 is 6.60. The zero-order valence-corrected chi connectivity index (χ0v) is 18.3. The number of amides is 1. The van der Waals surface area contributed by atoms with Gasteiger partial charge in [0.2, 0.25) is 11.8 Å². The number of ketones is 1. The predicted octanol–water partition coefficient (Wildman–Crippen LogP) is 4.77. The van der Waals surface area contributed by atoms with Gasteiger partial charge in [-0.15, -0.1) is 10.2 Å². The molecule has 0 spiro atoms. The lowest BCUT2D eigenvalue weighted by Crippen LogP contribution is -2.25. The number of benzene rings is 2. The normalized spacial score (nSPS) is 14.0. The molecule has 4 rings (SSSR count). The van der Waals surface area contributed by atoms with E-state index in [1.807, 2.05) is 43.3 Å². The van der Waals surface area contributed by atoms with Gasteiger partial charge in [0, 0.05) is 29.2 Å². The van der Waals surface area contributed by atoms with Crippen LogP contribution in [0.15, 0.2) is 56.6 Å². The summed E-state index contributed by atoms with van der Waals surface area (Å²) in [4.78, 5) is 26.3. The molecule has 3 aromatic rings. The molecule has 2 heterocycles. The zero-order chi connectivity index (χ0) is 20.5. The minimum atomic E-state index is -0.383. The van der Waals surface area contributed by atoms with E-state index in [9.17, 15) is 9.59 Å². The Morgan fingerprint density at radius 3 is 2.76 bits per heavy atom. The molecule has 1 amide bonds. The van der Waals surface area contributed by atoms with Crippen LogP contribution in [-0.2, 0) is 11.2 Å². The largest absolute Gasteiger partial charge is 0.411 e. The third-order valence-electron chi connectivity index (χ3n) is 4.80. The Labute approximate surface area is 180 Å². The van der Waals surface area contributed by atoms with Crippen LogP contribution in [0.1, 0.15) is 29.8 Å². The van der Waals surface area contributed by atoms with Crippen LogP contribution in [0.4, 0.5) is 5.69 Å². The maximum absolute atomic E-state index is 12.9. The van der Waals surface area contributed by atoms with Crippen LogP contribution in [0, 0.1) is 0 Å². The maximum Gasteiger partial charge on any atom is 0.277 e. The zero-order valence-electron chi connectivity index (χ0n) is 15.9. The number of anilines is 1. The second-order valence-electron chi connectivity index (χ2n) is 6.74. The molecule has 29 heavy (non-hydrogen) atoms. The average Bonchev–Trinajstić information content (AvgIpc) is 3.34. The standard InChI is InChI=1S/C21H18BrN3O3S/c1-12(29-21-24-23-20(28-21)16-5-3-4-6-17(16)22)19(27)15-7-8-18-14(11-15)9-10-25(18)13(2)26/h3-8,11-12H,9-10H2,1-2H3. The van der Waals surface area contributed by atoms with Gasteiger partial charge >= 0.3 is 0 Å². The van der Waals surface area contributed by atoms with Crippen LogP contribution in [0.25, 0.3) is 11.5 Å². The number of hydrogen-bond acceptors (Lipinski definition) is 6. The van der Waals surface area contributed by atoms with Gasteiger partial charge in [-0.05, 0) is 65.2 Å². The monoisotopic (exact) mass is 471 g/mol. The van der Waals surface area contributed by atoms with E-state index in [0.717, 1.165) is 27.7 Å². The molecule has 0 bridgehead atoms. The summed E-state index contributed by atoms with van der Waals surface area (Å²) in [7, 11) is 0. The number of carbonyl (C=O) groups is 2. The second-order valence-corrected chi connectivity index (χ2v) is 8.89. The van der Waals surface area contributed by atoms with Gasteiger partial charge in [0.1, 0.15) is 0 Å². The first kappa shape index (κ1) is 19.8. The van der Waals surface area contributed by atoms with Crippen molar-refractivity contribution >= 4 is 45.1 Å². The molecule has 0 radical (unpaired) electrons. The number of carbonyl (C=O) groups excluding carboxylic acids is 2. The lowest BCUT2D eigenvalue weighted by molar-refractivity contribution is -0.116. The second kappa shape index (κ2) is 8.12. The SMILES string of the molecule is CC(=O)N1CCc2cc(C(=O)C(C)Sc3nnc(-c4ccccc4Br)o3)ccc21. The molecule has 6 nitrogen and oxygen atoms in total. The fraction of sp³-hybridized carbons (Fsp3) is 0.238. The van der Waals surface area contributed by atoms with Gasteiger partial charge in [0.25, 0.3) is 5.22 Å². The van der Waals surface area contributed by atoms with Crippen LogP contribution < -0.4 is 4.90 Å². The summed E-state index contributed by atoms with van der Waals surface area (Å²) in [5, 5.41) is 8.12.